The summed E-state index contributed by atoms with van der Waals surface area (Å²) in [6.07, 6.45) is 0. The van der Waals surface area contributed by atoms with Crippen LogP contribution in [0, 0.1) is 6.92 Å². The summed E-state index contributed by atoms with van der Waals surface area (Å²) >= 11 is 0. The smallest absolute Gasteiger partial charge is 0.296 e. The molecule has 5 N–H and O–H groups in total. The topological polar surface area (TPSA) is 116 Å². The number of phenolic OH excluding ortho intramolecular Hbond substituents is 1. The summed E-state index contributed by atoms with van der Waals surface area (Å²) in [7, 11) is -4.48. The summed E-state index contributed by atoms with van der Waals surface area (Å²) in [5.74, 6) is 0.157. The van der Waals surface area contributed by atoms with Crippen molar-refractivity contribution >= 4 is 43.6 Å². The number of nitrogen functional groups attached to an aromatic ring is 1. The van der Waals surface area contributed by atoms with Crippen molar-refractivity contribution in [3.8, 4) is 5.75 Å². The van der Waals surface area contributed by atoms with E-state index in [0.29, 0.717) is 28.1 Å². The number of para-hydroxylation sites is 2. The number of nitrogens with zero attached hydrogens (tertiary/aromatic N) is 1. The maximum absolute atomic E-state index is 12.1. The van der Waals surface area contributed by atoms with Gasteiger partial charge in [0.05, 0.1) is 23.7 Å². The average molecular weight is 450 g/mol. The number of aromatic hydroxyl groups is 1. The van der Waals surface area contributed by atoms with Crippen molar-refractivity contribution < 1.29 is 18.1 Å². The van der Waals surface area contributed by atoms with Crippen molar-refractivity contribution in [2.45, 2.75) is 11.8 Å². The normalized spacial score (nSPS) is 11.4. The lowest BCUT2D eigenvalue weighted by atomic mass is 10.1. The third kappa shape index (κ3) is 4.32. The Kier molecular flexibility index (Phi) is 5.65. The molecule has 0 unspecified atom stereocenters. The van der Waals surface area contributed by atoms with Gasteiger partial charge in [-0.25, -0.2) is 0 Å². The predicted molar refractivity (Wildman–Crippen MR) is 128 cm³/mol. The van der Waals surface area contributed by atoms with Crippen molar-refractivity contribution in [2.24, 2.45) is 0 Å². The van der Waals surface area contributed by atoms with E-state index >= 15 is 0 Å². The highest BCUT2D eigenvalue weighted by Crippen LogP contribution is 2.35. The third-order valence-electron chi connectivity index (χ3n) is 5.22. The largest absolute Gasteiger partial charge is 0.507 e. The zero-order chi connectivity index (χ0) is 22.9. The summed E-state index contributed by atoms with van der Waals surface area (Å²) < 4.78 is 34.1. The Morgan fingerprint density at radius 1 is 0.969 bits per heavy atom. The number of aryl methyl sites for hydroxylation is 1. The molecule has 4 rings (SSSR count). The van der Waals surface area contributed by atoms with Crippen molar-refractivity contribution in [3.05, 3.63) is 84.4 Å². The molecule has 0 saturated carbocycles. The molecule has 0 amide bonds. The zero-order valence-corrected chi connectivity index (χ0v) is 18.2. The average Bonchev–Trinajstić information content (AvgIpc) is 2.74. The number of fused-ring (bicyclic) bond motifs is 1. The third-order valence-corrected chi connectivity index (χ3v) is 6.13. The van der Waals surface area contributed by atoms with Gasteiger partial charge in [0.25, 0.3) is 10.1 Å². The highest BCUT2D eigenvalue weighted by Gasteiger charge is 2.22. The van der Waals surface area contributed by atoms with Crippen molar-refractivity contribution in [1.29, 1.82) is 0 Å². The molecule has 0 aliphatic carbocycles. The monoisotopic (exact) mass is 449 g/mol. The van der Waals surface area contributed by atoms with Gasteiger partial charge in [0.1, 0.15) is 10.6 Å². The number of phenols is 1. The van der Waals surface area contributed by atoms with Gasteiger partial charge in [0.2, 0.25) is 0 Å². The van der Waals surface area contributed by atoms with E-state index in [1.165, 1.54) is 6.07 Å². The number of nitrogens with two attached hydrogens (primary N) is 1. The lowest BCUT2D eigenvalue weighted by Crippen LogP contribution is -2.26. The van der Waals surface area contributed by atoms with Crippen LogP contribution >= 0.6 is 0 Å². The van der Waals surface area contributed by atoms with Gasteiger partial charge in [0, 0.05) is 11.1 Å². The standard InChI is InChI=1S/C24H23N3O4S/c1-16-9-12-24(32(29,30)31)22(13-16)27(15-26-21-7-3-2-6-20(21)25)18-10-11-19-17(14-18)5-4-8-23(19)28/h2-14,26,28H,15,25H2,1H3,(H,29,30,31). The number of anilines is 4. The fourth-order valence-corrected chi connectivity index (χ4v) is 4.29. The van der Waals surface area contributed by atoms with Gasteiger partial charge in [-0.15, -0.1) is 0 Å². The first-order chi connectivity index (χ1) is 15.2. The lowest BCUT2D eigenvalue weighted by molar-refractivity contribution is 0.481. The number of hydrogen-bond acceptors (Lipinski definition) is 6. The molecule has 4 aromatic rings. The summed E-state index contributed by atoms with van der Waals surface area (Å²) in [5.41, 5.74) is 9.11. The number of nitrogens with one attached hydrogen (secondary N) is 1. The van der Waals surface area contributed by atoms with Crippen LogP contribution in [0.4, 0.5) is 22.7 Å². The molecule has 0 aliphatic heterocycles. The SMILES string of the molecule is Cc1ccc(S(=O)(=O)O)c(N(CNc2ccccc2N)c2ccc3c(O)cccc3c2)c1. The lowest BCUT2D eigenvalue weighted by Gasteiger charge is -2.28. The second-order valence-electron chi connectivity index (χ2n) is 7.48. The van der Waals surface area contributed by atoms with Crippen LogP contribution < -0.4 is 16.0 Å². The maximum Gasteiger partial charge on any atom is 0.296 e. The molecule has 32 heavy (non-hydrogen) atoms. The highest BCUT2D eigenvalue weighted by atomic mass is 32.2. The Bertz CT molecular complexity index is 1400. The van der Waals surface area contributed by atoms with Crippen LogP contribution in [-0.4, -0.2) is 24.7 Å². The summed E-state index contributed by atoms with van der Waals surface area (Å²) in [6.45, 7) is 2.01. The van der Waals surface area contributed by atoms with Gasteiger partial charge in [0.15, 0.2) is 0 Å². The molecule has 0 radical (unpaired) electrons. The molecule has 164 valence electrons. The molecule has 0 saturated heterocycles. The van der Waals surface area contributed by atoms with E-state index in [0.717, 1.165) is 10.9 Å². The van der Waals surface area contributed by atoms with E-state index in [2.05, 4.69) is 5.32 Å². The van der Waals surface area contributed by atoms with Crippen LogP contribution in [0.1, 0.15) is 5.56 Å². The minimum Gasteiger partial charge on any atom is -0.507 e. The Balaban J connectivity index is 1.86. The highest BCUT2D eigenvalue weighted by molar-refractivity contribution is 7.86. The molecule has 0 heterocycles. The Morgan fingerprint density at radius 3 is 2.50 bits per heavy atom. The van der Waals surface area contributed by atoms with Gasteiger partial charge in [-0.3, -0.25) is 4.55 Å². The Labute approximate surface area is 186 Å². The summed E-state index contributed by atoms with van der Waals surface area (Å²) in [4.78, 5) is 1.54. The van der Waals surface area contributed by atoms with Crippen molar-refractivity contribution in [3.63, 3.8) is 0 Å². The fraction of sp³-hybridized carbons (Fsp3) is 0.0833. The van der Waals surface area contributed by atoms with E-state index in [-0.39, 0.29) is 17.3 Å². The number of rotatable bonds is 6. The van der Waals surface area contributed by atoms with Crippen molar-refractivity contribution in [1.82, 2.24) is 0 Å². The quantitative estimate of drug-likeness (QED) is 0.188. The molecule has 7 nitrogen and oxygen atoms in total. The second kappa shape index (κ2) is 8.41. The van der Waals surface area contributed by atoms with Crippen LogP contribution in [0.2, 0.25) is 0 Å². The fourth-order valence-electron chi connectivity index (χ4n) is 3.62. The molecule has 0 atom stereocenters. The van der Waals surface area contributed by atoms with Crippen LogP contribution in [0.25, 0.3) is 10.8 Å². The van der Waals surface area contributed by atoms with E-state index in [1.54, 1.807) is 47.4 Å². The summed E-state index contributed by atoms with van der Waals surface area (Å²) in [5, 5.41) is 14.8. The van der Waals surface area contributed by atoms with Crippen LogP contribution in [0.5, 0.6) is 5.75 Å². The van der Waals surface area contributed by atoms with Crippen LogP contribution in [0.3, 0.4) is 0 Å². The van der Waals surface area contributed by atoms with Gasteiger partial charge in [-0.2, -0.15) is 8.42 Å². The van der Waals surface area contributed by atoms with Gasteiger partial charge < -0.3 is 21.1 Å². The Hall–Kier alpha value is -3.75. The Morgan fingerprint density at radius 2 is 1.75 bits per heavy atom. The first kappa shape index (κ1) is 21.5. The molecular formula is C24H23N3O4S. The number of hydrogen-bond donors (Lipinski definition) is 4. The minimum atomic E-state index is -4.48. The van der Waals surface area contributed by atoms with Crippen LogP contribution in [-0.2, 0) is 10.1 Å². The number of benzene rings is 4. The van der Waals surface area contributed by atoms with Crippen molar-refractivity contribution in [2.75, 3.05) is 22.6 Å². The van der Waals surface area contributed by atoms with Gasteiger partial charge >= 0.3 is 0 Å². The maximum atomic E-state index is 12.1. The van der Waals surface area contributed by atoms with Gasteiger partial charge in [-0.05, 0) is 66.4 Å². The molecule has 4 aromatic carbocycles. The molecule has 0 bridgehead atoms. The first-order valence-electron chi connectivity index (χ1n) is 9.90. The van der Waals surface area contributed by atoms with E-state index in [4.69, 9.17) is 5.73 Å². The summed E-state index contributed by atoms with van der Waals surface area (Å²) in [6, 6.07) is 22.6. The second-order valence-corrected chi connectivity index (χ2v) is 8.87. The predicted octanol–water partition coefficient (Wildman–Crippen LogP) is 4.89. The van der Waals surface area contributed by atoms with E-state index in [9.17, 15) is 18.1 Å². The first-order valence-corrected chi connectivity index (χ1v) is 11.3. The molecule has 8 heteroatoms. The molecule has 0 fully saturated rings. The molecule has 0 aliphatic rings. The molecule has 0 aromatic heterocycles. The molecular weight excluding hydrogens is 426 g/mol. The van der Waals surface area contributed by atoms with Crippen LogP contribution in [0.15, 0.2) is 83.8 Å². The van der Waals surface area contributed by atoms with E-state index < -0.39 is 10.1 Å². The van der Waals surface area contributed by atoms with E-state index in [1.807, 2.05) is 37.3 Å². The van der Waals surface area contributed by atoms with Gasteiger partial charge in [-0.1, -0.05) is 30.3 Å². The molecule has 0 spiro atoms. The zero-order valence-electron chi connectivity index (χ0n) is 17.4. The minimum absolute atomic E-state index is 0.157.